The van der Waals surface area contributed by atoms with Crippen LogP contribution in [0.5, 0.6) is 0 Å². The predicted molar refractivity (Wildman–Crippen MR) is 86.0 cm³/mol. The third kappa shape index (κ3) is 5.02. The first-order valence-electron chi connectivity index (χ1n) is 6.42. The van der Waals surface area contributed by atoms with Gasteiger partial charge in [0.25, 0.3) is 15.0 Å². The molecule has 118 valence electrons. The molecule has 0 bridgehead atoms. The van der Waals surface area contributed by atoms with E-state index in [1.54, 1.807) is 0 Å². The van der Waals surface area contributed by atoms with Gasteiger partial charge in [0.1, 0.15) is 4.90 Å². The van der Waals surface area contributed by atoms with Gasteiger partial charge in [-0.1, -0.05) is 43.0 Å². The minimum Gasteiger partial charge on any atom is -0.349 e. The molecule has 0 aliphatic rings. The van der Waals surface area contributed by atoms with Crippen LogP contribution >= 0.6 is 33.9 Å². The molecule has 0 radical (unpaired) electrons. The minimum absolute atomic E-state index is 0.0687. The first kappa shape index (κ1) is 18.6. The van der Waals surface area contributed by atoms with Crippen LogP contribution in [-0.2, 0) is 9.05 Å². The number of halogens is 3. The van der Waals surface area contributed by atoms with E-state index in [-0.39, 0.29) is 26.5 Å². The number of carbonyl (C=O) groups is 1. The zero-order valence-electron chi connectivity index (χ0n) is 11.6. The van der Waals surface area contributed by atoms with Gasteiger partial charge in [-0.2, -0.15) is 0 Å². The molecule has 21 heavy (non-hydrogen) atoms. The lowest BCUT2D eigenvalue weighted by Crippen LogP contribution is -2.33. The lowest BCUT2D eigenvalue weighted by molar-refractivity contribution is 0.0938. The van der Waals surface area contributed by atoms with Crippen molar-refractivity contribution in [1.29, 1.82) is 0 Å². The van der Waals surface area contributed by atoms with Gasteiger partial charge in [-0.25, -0.2) is 8.42 Å². The number of rotatable bonds is 6. The van der Waals surface area contributed by atoms with Crippen LogP contribution in [0, 0.1) is 0 Å². The molecule has 1 atom stereocenters. The molecule has 1 amide bonds. The Balaban J connectivity index is 3.10. The summed E-state index contributed by atoms with van der Waals surface area (Å²) in [5.74, 6) is -0.518. The monoisotopic (exact) mass is 371 g/mol. The highest BCUT2D eigenvalue weighted by Crippen LogP contribution is 2.32. The first-order valence-corrected chi connectivity index (χ1v) is 9.48. The van der Waals surface area contributed by atoms with Crippen molar-refractivity contribution in [2.45, 2.75) is 44.0 Å². The second-order valence-electron chi connectivity index (χ2n) is 4.69. The van der Waals surface area contributed by atoms with E-state index >= 15 is 0 Å². The quantitative estimate of drug-likeness (QED) is 0.760. The molecule has 1 rings (SSSR count). The zero-order valence-corrected chi connectivity index (χ0v) is 14.7. The van der Waals surface area contributed by atoms with Crippen molar-refractivity contribution in [3.63, 3.8) is 0 Å². The van der Waals surface area contributed by atoms with Gasteiger partial charge in [0, 0.05) is 16.7 Å². The SMILES string of the molecule is CCCCC(C)NC(=O)c1c(Cl)ccc(S(=O)(=O)Cl)c1Cl. The maximum absolute atomic E-state index is 12.2. The Morgan fingerprint density at radius 2 is 1.95 bits per heavy atom. The molecule has 0 heterocycles. The molecule has 4 nitrogen and oxygen atoms in total. The van der Waals surface area contributed by atoms with Crippen LogP contribution < -0.4 is 5.32 Å². The summed E-state index contributed by atoms with van der Waals surface area (Å²) in [5.41, 5.74) is -0.0802. The van der Waals surface area contributed by atoms with E-state index in [4.69, 9.17) is 33.9 Å². The Morgan fingerprint density at radius 1 is 1.33 bits per heavy atom. The Kier molecular flexibility index (Phi) is 6.78. The fraction of sp³-hybridized carbons (Fsp3) is 0.462. The molecule has 0 aliphatic carbocycles. The number of amides is 1. The fourth-order valence-electron chi connectivity index (χ4n) is 1.81. The van der Waals surface area contributed by atoms with Crippen LogP contribution in [0.1, 0.15) is 43.5 Å². The molecule has 0 spiro atoms. The van der Waals surface area contributed by atoms with Gasteiger partial charge in [-0.05, 0) is 25.5 Å². The number of unbranched alkanes of at least 4 members (excludes halogenated alkanes) is 1. The average Bonchev–Trinajstić information content (AvgIpc) is 2.34. The standard InChI is InChI=1S/C13H16Cl3NO3S/c1-3-4-5-8(2)17-13(18)11-9(14)6-7-10(12(11)15)21(16,19)20/h6-8H,3-5H2,1-2H3,(H,17,18). The summed E-state index contributed by atoms with van der Waals surface area (Å²) in [6, 6.07) is 2.39. The average molecular weight is 373 g/mol. The van der Waals surface area contributed by atoms with Crippen molar-refractivity contribution < 1.29 is 13.2 Å². The highest BCUT2D eigenvalue weighted by Gasteiger charge is 2.24. The normalized spacial score (nSPS) is 13.0. The van der Waals surface area contributed by atoms with Crippen molar-refractivity contribution in [2.75, 3.05) is 0 Å². The number of hydrogen-bond acceptors (Lipinski definition) is 3. The Hall–Kier alpha value is -0.490. The van der Waals surface area contributed by atoms with Gasteiger partial charge >= 0.3 is 0 Å². The van der Waals surface area contributed by atoms with Gasteiger partial charge in [-0.3, -0.25) is 4.79 Å². The lowest BCUT2D eigenvalue weighted by Gasteiger charge is -2.15. The van der Waals surface area contributed by atoms with Gasteiger partial charge in [0.2, 0.25) is 0 Å². The van der Waals surface area contributed by atoms with Crippen LogP contribution in [0.2, 0.25) is 10.0 Å². The van der Waals surface area contributed by atoms with Gasteiger partial charge < -0.3 is 5.32 Å². The second-order valence-corrected chi connectivity index (χ2v) is 8.01. The van der Waals surface area contributed by atoms with Crippen molar-refractivity contribution >= 4 is 48.8 Å². The Morgan fingerprint density at radius 3 is 2.48 bits per heavy atom. The second kappa shape index (κ2) is 7.68. The number of nitrogens with one attached hydrogen (secondary N) is 1. The van der Waals surface area contributed by atoms with Crippen molar-refractivity contribution in [3.05, 3.63) is 27.7 Å². The minimum atomic E-state index is -4.05. The van der Waals surface area contributed by atoms with Crippen LogP contribution in [-0.4, -0.2) is 20.4 Å². The zero-order chi connectivity index (χ0) is 16.2. The predicted octanol–water partition coefficient (Wildman–Crippen LogP) is 4.23. The highest BCUT2D eigenvalue weighted by atomic mass is 35.7. The maximum atomic E-state index is 12.2. The maximum Gasteiger partial charge on any atom is 0.262 e. The molecule has 0 aromatic heterocycles. The molecule has 0 fully saturated rings. The van der Waals surface area contributed by atoms with Crippen molar-refractivity contribution in [2.24, 2.45) is 0 Å². The summed E-state index contributed by atoms with van der Waals surface area (Å²) in [5, 5.41) is 2.55. The van der Waals surface area contributed by atoms with Gasteiger partial charge in [0.05, 0.1) is 15.6 Å². The van der Waals surface area contributed by atoms with E-state index in [1.807, 2.05) is 6.92 Å². The van der Waals surface area contributed by atoms with Gasteiger partial charge in [0.15, 0.2) is 0 Å². The molecule has 0 aliphatic heterocycles. The molecule has 1 unspecified atom stereocenters. The summed E-state index contributed by atoms with van der Waals surface area (Å²) in [6.07, 6.45) is 2.80. The molecule has 0 saturated heterocycles. The van der Waals surface area contributed by atoms with Crippen LogP contribution in [0.3, 0.4) is 0 Å². The highest BCUT2D eigenvalue weighted by molar-refractivity contribution is 8.13. The summed E-state index contributed by atoms with van der Waals surface area (Å²) in [4.78, 5) is 11.9. The molecular formula is C13H16Cl3NO3S. The molecule has 1 aromatic carbocycles. The molecule has 1 N–H and O–H groups in total. The molecule has 0 saturated carbocycles. The van der Waals surface area contributed by atoms with Crippen molar-refractivity contribution in [3.8, 4) is 0 Å². The van der Waals surface area contributed by atoms with Crippen LogP contribution in [0.4, 0.5) is 0 Å². The molecular weight excluding hydrogens is 357 g/mol. The number of hydrogen-bond donors (Lipinski definition) is 1. The Bertz CT molecular complexity index is 632. The summed E-state index contributed by atoms with van der Waals surface area (Å²) in [7, 11) is 1.23. The summed E-state index contributed by atoms with van der Waals surface area (Å²) >= 11 is 11.9. The van der Waals surface area contributed by atoms with E-state index < -0.39 is 15.0 Å². The molecule has 1 aromatic rings. The van der Waals surface area contributed by atoms with Crippen LogP contribution in [0.15, 0.2) is 17.0 Å². The topological polar surface area (TPSA) is 63.2 Å². The summed E-state index contributed by atoms with van der Waals surface area (Å²) < 4.78 is 22.8. The third-order valence-corrected chi connectivity index (χ3v) is 5.10. The number of carbonyl (C=O) groups excluding carboxylic acids is 1. The van der Waals surface area contributed by atoms with E-state index in [1.165, 1.54) is 12.1 Å². The fourth-order valence-corrected chi connectivity index (χ4v) is 3.71. The molecule has 8 heteroatoms. The van der Waals surface area contributed by atoms with E-state index in [0.717, 1.165) is 19.3 Å². The summed E-state index contributed by atoms with van der Waals surface area (Å²) in [6.45, 7) is 3.91. The van der Waals surface area contributed by atoms with E-state index in [9.17, 15) is 13.2 Å². The van der Waals surface area contributed by atoms with E-state index in [0.29, 0.717) is 0 Å². The van der Waals surface area contributed by atoms with E-state index in [2.05, 4.69) is 12.2 Å². The number of benzene rings is 1. The Labute approximate surface area is 139 Å². The van der Waals surface area contributed by atoms with Crippen LogP contribution in [0.25, 0.3) is 0 Å². The van der Waals surface area contributed by atoms with Gasteiger partial charge in [-0.15, -0.1) is 0 Å². The third-order valence-electron chi connectivity index (χ3n) is 2.91. The first-order chi connectivity index (χ1) is 9.68. The van der Waals surface area contributed by atoms with Crippen molar-refractivity contribution in [1.82, 2.24) is 5.32 Å². The largest absolute Gasteiger partial charge is 0.349 e. The smallest absolute Gasteiger partial charge is 0.262 e. The lowest BCUT2D eigenvalue weighted by atomic mass is 10.1.